The molecule has 1 nitrogen and oxygen atoms in total. The van der Waals surface area contributed by atoms with E-state index in [4.69, 9.17) is 0 Å². The molecule has 0 unspecified atom stereocenters. The normalized spacial score (nSPS) is 9.97. The van der Waals surface area contributed by atoms with Gasteiger partial charge in [0.25, 0.3) is 0 Å². The van der Waals surface area contributed by atoms with Crippen LogP contribution in [0, 0.1) is 6.92 Å². The summed E-state index contributed by atoms with van der Waals surface area (Å²) >= 11 is 0. The smallest absolute Gasteiger partial charge is 1.00 e. The summed E-state index contributed by atoms with van der Waals surface area (Å²) in [6.07, 6.45) is 0. The first-order chi connectivity index (χ1) is 13.8. The van der Waals surface area contributed by atoms with Gasteiger partial charge >= 0.3 is 26.2 Å². The van der Waals surface area contributed by atoms with Crippen molar-refractivity contribution < 1.29 is 51.0 Å². The zero-order valence-electron chi connectivity index (χ0n) is 17.1. The summed E-state index contributed by atoms with van der Waals surface area (Å²) in [6, 6.07) is 38.5. The van der Waals surface area contributed by atoms with Crippen molar-refractivity contribution in [1.82, 2.24) is 4.57 Å². The Balaban J connectivity index is 0.000000244. The molecule has 0 bridgehead atoms. The summed E-state index contributed by atoms with van der Waals surface area (Å²) < 4.78 is 2.33. The second kappa shape index (κ2) is 11.0. The van der Waals surface area contributed by atoms with Gasteiger partial charge in [0, 0.05) is 11.1 Å². The Bertz CT molecular complexity index is 1330. The van der Waals surface area contributed by atoms with Crippen LogP contribution in [0.4, 0.5) is 0 Å². The van der Waals surface area contributed by atoms with Crippen molar-refractivity contribution >= 4 is 32.4 Å². The maximum Gasteiger partial charge on any atom is 4.00 e. The fourth-order valence-corrected chi connectivity index (χ4v) is 3.97. The van der Waals surface area contributed by atoms with Crippen LogP contribution in [0.3, 0.4) is 0 Å². The van der Waals surface area contributed by atoms with Crippen molar-refractivity contribution in [2.45, 2.75) is 6.92 Å². The van der Waals surface area contributed by atoms with Crippen LogP contribution < -0.4 is 24.8 Å². The molecule has 0 radical (unpaired) electrons. The summed E-state index contributed by atoms with van der Waals surface area (Å²) in [6.45, 7) is 2.16. The van der Waals surface area contributed by atoms with Crippen molar-refractivity contribution in [3.63, 3.8) is 0 Å². The Morgan fingerprint density at radius 3 is 1.97 bits per heavy atom. The number of hydrogen-bond donors (Lipinski definition) is 0. The van der Waals surface area contributed by atoms with Crippen LogP contribution in [0.5, 0.6) is 0 Å². The van der Waals surface area contributed by atoms with Gasteiger partial charge in [0.05, 0.1) is 5.52 Å². The molecule has 0 aliphatic carbocycles. The van der Waals surface area contributed by atoms with Gasteiger partial charge in [0.15, 0.2) is 0 Å². The number of para-hydroxylation sites is 1. The van der Waals surface area contributed by atoms with Gasteiger partial charge in [-0.3, -0.25) is 0 Å². The molecule has 0 saturated carbocycles. The largest absolute Gasteiger partial charge is 4.00 e. The van der Waals surface area contributed by atoms with E-state index in [-0.39, 0.29) is 51.0 Å². The van der Waals surface area contributed by atoms with Crippen LogP contribution in [0.15, 0.2) is 109 Å². The third-order valence-electron chi connectivity index (χ3n) is 5.30. The number of benzene rings is 3. The first kappa shape index (κ1) is 25.1. The first-order valence-corrected chi connectivity index (χ1v) is 9.63. The van der Waals surface area contributed by atoms with Crippen molar-refractivity contribution in [1.29, 1.82) is 0 Å². The molecule has 0 aliphatic rings. The molecular formula is C27H21Cl2NZr. The second-order valence-electron chi connectivity index (χ2n) is 7.18. The SMILES string of the molecule is Cc1cc2ccccc2n1-c1cc2ccccc2[cH-]1.[Cl-].[Cl-].[Zr+4].c1ccc2[cH-]ccc2c1. The molecule has 0 fully saturated rings. The summed E-state index contributed by atoms with van der Waals surface area (Å²) in [5.41, 5.74) is 3.80. The Morgan fingerprint density at radius 2 is 1.26 bits per heavy atom. The molecule has 1 heterocycles. The number of halogens is 2. The number of fused-ring (bicyclic) bond motifs is 3. The molecule has 5 aromatic carbocycles. The Hall–Kier alpha value is -2.12. The summed E-state index contributed by atoms with van der Waals surface area (Å²) in [5.74, 6) is 0. The molecule has 4 heteroatoms. The van der Waals surface area contributed by atoms with Crippen molar-refractivity contribution in [2.75, 3.05) is 0 Å². The average molecular weight is 522 g/mol. The van der Waals surface area contributed by atoms with Crippen LogP contribution in [0.25, 0.3) is 38.1 Å². The fraction of sp³-hybridized carbons (Fsp3) is 0.0370. The second-order valence-corrected chi connectivity index (χ2v) is 7.18. The van der Waals surface area contributed by atoms with E-state index < -0.39 is 0 Å². The predicted octanol–water partition coefficient (Wildman–Crippen LogP) is 1.38. The minimum Gasteiger partial charge on any atom is -1.00 e. The molecule has 6 rings (SSSR count). The van der Waals surface area contributed by atoms with E-state index in [9.17, 15) is 0 Å². The van der Waals surface area contributed by atoms with Crippen LogP contribution >= 0.6 is 0 Å². The zero-order valence-corrected chi connectivity index (χ0v) is 21.1. The average Bonchev–Trinajstić information content (AvgIpc) is 3.43. The van der Waals surface area contributed by atoms with E-state index in [2.05, 4.69) is 121 Å². The molecule has 31 heavy (non-hydrogen) atoms. The van der Waals surface area contributed by atoms with Gasteiger partial charge in [-0.2, -0.15) is 17.5 Å². The van der Waals surface area contributed by atoms with Gasteiger partial charge in [-0.25, -0.2) is 0 Å². The summed E-state index contributed by atoms with van der Waals surface area (Å²) in [7, 11) is 0. The zero-order chi connectivity index (χ0) is 18.9. The Kier molecular flexibility index (Phi) is 8.89. The Labute approximate surface area is 214 Å². The molecule has 0 amide bonds. The molecule has 152 valence electrons. The minimum atomic E-state index is 0. The summed E-state index contributed by atoms with van der Waals surface area (Å²) in [4.78, 5) is 0. The monoisotopic (exact) mass is 519 g/mol. The van der Waals surface area contributed by atoms with E-state index in [1.54, 1.807) is 0 Å². The van der Waals surface area contributed by atoms with Crippen molar-refractivity contribution in [2.24, 2.45) is 0 Å². The van der Waals surface area contributed by atoms with Gasteiger partial charge in [0.2, 0.25) is 0 Å². The van der Waals surface area contributed by atoms with Crippen LogP contribution in [0.2, 0.25) is 0 Å². The predicted molar refractivity (Wildman–Crippen MR) is 121 cm³/mol. The topological polar surface area (TPSA) is 4.93 Å². The molecule has 0 aliphatic heterocycles. The van der Waals surface area contributed by atoms with Crippen molar-refractivity contribution in [3.8, 4) is 5.69 Å². The minimum absolute atomic E-state index is 0. The Morgan fingerprint density at radius 1 is 0.645 bits per heavy atom. The number of nitrogens with zero attached hydrogens (tertiary/aromatic N) is 1. The quantitative estimate of drug-likeness (QED) is 0.288. The molecule has 0 atom stereocenters. The molecule has 0 saturated heterocycles. The van der Waals surface area contributed by atoms with Crippen LogP contribution in [-0.4, -0.2) is 4.57 Å². The standard InChI is InChI=1S/C18H14N.C9H7.2ClH.Zr/c1-13-10-16-8-4-5-9-18(16)19(13)17-11-14-6-2-3-7-15(14)12-17;1-2-5-9-7-3-6-8(9)4-1;;;/h2-12H,1H3;1-7H;2*1H;/q2*-1;;;+4/p-2. The van der Waals surface area contributed by atoms with Crippen LogP contribution in [-0.2, 0) is 26.2 Å². The number of aromatic nitrogens is 1. The fourth-order valence-electron chi connectivity index (χ4n) is 3.97. The van der Waals surface area contributed by atoms with Gasteiger partial charge < -0.3 is 29.4 Å². The van der Waals surface area contributed by atoms with E-state index in [0.29, 0.717) is 0 Å². The van der Waals surface area contributed by atoms with Gasteiger partial charge in [-0.15, -0.1) is 70.8 Å². The molecule has 1 aromatic heterocycles. The van der Waals surface area contributed by atoms with E-state index in [1.165, 1.54) is 43.8 Å². The molecule has 0 spiro atoms. The van der Waals surface area contributed by atoms with E-state index in [1.807, 2.05) is 0 Å². The molecule has 0 N–H and O–H groups in total. The number of rotatable bonds is 1. The maximum atomic E-state index is 2.33. The van der Waals surface area contributed by atoms with Crippen LogP contribution in [0.1, 0.15) is 5.69 Å². The number of aryl methyl sites for hydroxylation is 1. The first-order valence-electron chi connectivity index (χ1n) is 9.63. The maximum absolute atomic E-state index is 2.33. The number of hydrogen-bond acceptors (Lipinski definition) is 0. The molecular weight excluding hydrogens is 500 g/mol. The molecule has 6 aromatic rings. The van der Waals surface area contributed by atoms with Gasteiger partial charge in [-0.05, 0) is 24.7 Å². The van der Waals surface area contributed by atoms with Gasteiger partial charge in [-0.1, -0.05) is 30.3 Å². The third kappa shape index (κ3) is 5.04. The van der Waals surface area contributed by atoms with E-state index >= 15 is 0 Å². The van der Waals surface area contributed by atoms with Crippen molar-refractivity contribution in [3.05, 3.63) is 115 Å². The van der Waals surface area contributed by atoms with Gasteiger partial charge in [0.1, 0.15) is 0 Å². The summed E-state index contributed by atoms with van der Waals surface area (Å²) in [5, 5.41) is 6.56. The van der Waals surface area contributed by atoms with E-state index in [0.717, 1.165) is 0 Å². The third-order valence-corrected chi connectivity index (χ3v) is 5.30.